The molecule has 1 N–H and O–H groups in total. The van der Waals surface area contributed by atoms with E-state index in [1.807, 2.05) is 12.1 Å². The normalized spacial score (nSPS) is 22.5. The molecule has 0 radical (unpaired) electrons. The van der Waals surface area contributed by atoms with Crippen LogP contribution < -0.4 is 0 Å². The number of rotatable bonds is 5. The summed E-state index contributed by atoms with van der Waals surface area (Å²) in [5.41, 5.74) is 3.54. The Balaban J connectivity index is 1.77. The summed E-state index contributed by atoms with van der Waals surface area (Å²) in [6.07, 6.45) is 3.18. The van der Waals surface area contributed by atoms with Crippen molar-refractivity contribution >= 4 is 5.91 Å². The first-order valence-corrected chi connectivity index (χ1v) is 9.66. The van der Waals surface area contributed by atoms with Gasteiger partial charge in [0.25, 0.3) is 0 Å². The van der Waals surface area contributed by atoms with Crippen LogP contribution >= 0.6 is 0 Å². The van der Waals surface area contributed by atoms with Gasteiger partial charge < -0.3 is 10.0 Å². The maximum atomic E-state index is 12.7. The second-order valence-corrected chi connectivity index (χ2v) is 8.34. The van der Waals surface area contributed by atoms with E-state index in [1.165, 1.54) is 18.4 Å². The van der Waals surface area contributed by atoms with Gasteiger partial charge in [-0.3, -0.25) is 9.69 Å². The Morgan fingerprint density at radius 1 is 1.20 bits per heavy atom. The van der Waals surface area contributed by atoms with Crippen LogP contribution in [0.3, 0.4) is 0 Å². The molecule has 1 aliphatic heterocycles. The Morgan fingerprint density at radius 2 is 1.84 bits per heavy atom. The topological polar surface area (TPSA) is 43.8 Å². The molecule has 0 aromatic heterocycles. The first kappa shape index (κ1) is 18.2. The van der Waals surface area contributed by atoms with E-state index in [0.717, 1.165) is 43.2 Å². The molecule has 0 bridgehead atoms. The maximum Gasteiger partial charge on any atom is 0.224 e. The Kier molecular flexibility index (Phi) is 5.38. The highest BCUT2D eigenvalue weighted by molar-refractivity contribution is 5.77. The number of aromatic hydroxyl groups is 1. The SMILES string of the molecule is Cc1cc(O)cc(C)c1CN1CCC(=O)N(CC2CC2)C(C(C)C)C1. The fourth-order valence-corrected chi connectivity index (χ4v) is 4.01. The first-order valence-electron chi connectivity index (χ1n) is 9.66. The summed E-state index contributed by atoms with van der Waals surface area (Å²) in [4.78, 5) is 17.3. The average Bonchev–Trinajstić information content (AvgIpc) is 3.34. The Morgan fingerprint density at radius 3 is 2.40 bits per heavy atom. The summed E-state index contributed by atoms with van der Waals surface area (Å²) in [5.74, 6) is 1.86. The van der Waals surface area contributed by atoms with E-state index < -0.39 is 0 Å². The number of amides is 1. The Hall–Kier alpha value is -1.55. The van der Waals surface area contributed by atoms with Crippen molar-refractivity contribution in [2.75, 3.05) is 19.6 Å². The summed E-state index contributed by atoms with van der Waals surface area (Å²) in [5, 5.41) is 9.78. The number of hydrogen-bond donors (Lipinski definition) is 1. The third-order valence-corrected chi connectivity index (χ3v) is 5.79. The Bertz CT molecular complexity index is 614. The monoisotopic (exact) mass is 344 g/mol. The molecule has 138 valence electrons. The van der Waals surface area contributed by atoms with Crippen LogP contribution in [-0.4, -0.2) is 46.5 Å². The van der Waals surface area contributed by atoms with Crippen LogP contribution in [0.5, 0.6) is 5.75 Å². The van der Waals surface area contributed by atoms with Gasteiger partial charge in [-0.1, -0.05) is 13.8 Å². The lowest BCUT2D eigenvalue weighted by Gasteiger charge is -2.35. The zero-order chi connectivity index (χ0) is 18.1. The summed E-state index contributed by atoms with van der Waals surface area (Å²) >= 11 is 0. The number of carbonyl (C=O) groups is 1. The van der Waals surface area contributed by atoms with Crippen molar-refractivity contribution in [1.82, 2.24) is 9.80 Å². The van der Waals surface area contributed by atoms with E-state index in [1.54, 1.807) is 0 Å². The molecule has 1 heterocycles. The summed E-state index contributed by atoms with van der Waals surface area (Å²) in [6, 6.07) is 3.98. The molecule has 4 heteroatoms. The van der Waals surface area contributed by atoms with Crippen molar-refractivity contribution in [1.29, 1.82) is 0 Å². The molecule has 0 spiro atoms. The third-order valence-electron chi connectivity index (χ3n) is 5.79. The molecule has 1 unspecified atom stereocenters. The van der Waals surface area contributed by atoms with Gasteiger partial charge in [0.15, 0.2) is 0 Å². The molecule has 2 fully saturated rings. The molecule has 1 aromatic carbocycles. The fourth-order valence-electron chi connectivity index (χ4n) is 4.01. The number of carbonyl (C=O) groups excluding carboxylic acids is 1. The summed E-state index contributed by atoms with van der Waals surface area (Å²) < 4.78 is 0. The highest BCUT2D eigenvalue weighted by atomic mass is 16.3. The van der Waals surface area contributed by atoms with Gasteiger partial charge in [-0.05, 0) is 67.3 Å². The van der Waals surface area contributed by atoms with E-state index in [-0.39, 0.29) is 0 Å². The molecule has 2 aliphatic rings. The number of nitrogens with zero attached hydrogens (tertiary/aromatic N) is 2. The number of phenols is 1. The average molecular weight is 344 g/mol. The van der Waals surface area contributed by atoms with Gasteiger partial charge in [0, 0.05) is 38.6 Å². The molecular weight excluding hydrogens is 312 g/mol. The summed E-state index contributed by atoms with van der Waals surface area (Å²) in [7, 11) is 0. The molecule has 3 rings (SSSR count). The van der Waals surface area contributed by atoms with Crippen LogP contribution in [-0.2, 0) is 11.3 Å². The second-order valence-electron chi connectivity index (χ2n) is 8.34. The largest absolute Gasteiger partial charge is 0.508 e. The van der Waals surface area contributed by atoms with Gasteiger partial charge in [0.2, 0.25) is 5.91 Å². The van der Waals surface area contributed by atoms with Crippen molar-refractivity contribution in [3.63, 3.8) is 0 Å². The molecule has 1 saturated heterocycles. The molecule has 1 atom stereocenters. The summed E-state index contributed by atoms with van der Waals surface area (Å²) in [6.45, 7) is 12.2. The standard InChI is InChI=1S/C21H32N2O2/c1-14(2)20-13-22(8-7-21(25)23(20)11-17-5-6-17)12-19-15(3)9-18(24)10-16(19)4/h9-10,14,17,20,24H,5-8,11-13H2,1-4H3. The van der Waals surface area contributed by atoms with E-state index in [4.69, 9.17) is 0 Å². The van der Waals surface area contributed by atoms with Crippen molar-refractivity contribution in [2.45, 2.75) is 59.5 Å². The van der Waals surface area contributed by atoms with Crippen LogP contribution in [0.25, 0.3) is 0 Å². The predicted octanol–water partition coefficient (Wildman–Crippen LogP) is 3.48. The molecular formula is C21H32N2O2. The lowest BCUT2D eigenvalue weighted by Crippen LogP contribution is -2.47. The van der Waals surface area contributed by atoms with Crippen LogP contribution in [0.4, 0.5) is 0 Å². The molecule has 1 amide bonds. The quantitative estimate of drug-likeness (QED) is 0.889. The van der Waals surface area contributed by atoms with Gasteiger partial charge in [0.1, 0.15) is 5.75 Å². The maximum absolute atomic E-state index is 12.7. The number of hydrogen-bond acceptors (Lipinski definition) is 3. The van der Waals surface area contributed by atoms with E-state index >= 15 is 0 Å². The highest BCUT2D eigenvalue weighted by Crippen LogP contribution is 2.32. The second kappa shape index (κ2) is 7.36. The van der Waals surface area contributed by atoms with Crippen LogP contribution in [0.2, 0.25) is 0 Å². The minimum atomic E-state index is 0.299. The lowest BCUT2D eigenvalue weighted by atomic mass is 9.99. The Labute approximate surface area is 151 Å². The number of benzene rings is 1. The minimum Gasteiger partial charge on any atom is -0.508 e. The van der Waals surface area contributed by atoms with E-state index in [2.05, 4.69) is 37.5 Å². The molecule has 25 heavy (non-hydrogen) atoms. The van der Waals surface area contributed by atoms with Gasteiger partial charge in [0.05, 0.1) is 0 Å². The lowest BCUT2D eigenvalue weighted by molar-refractivity contribution is -0.133. The van der Waals surface area contributed by atoms with Crippen LogP contribution in [0.15, 0.2) is 12.1 Å². The molecule has 1 saturated carbocycles. The van der Waals surface area contributed by atoms with Crippen LogP contribution in [0, 0.1) is 25.7 Å². The highest BCUT2D eigenvalue weighted by Gasteiger charge is 2.35. The minimum absolute atomic E-state index is 0.299. The fraction of sp³-hybridized carbons (Fsp3) is 0.667. The molecule has 4 nitrogen and oxygen atoms in total. The van der Waals surface area contributed by atoms with Crippen LogP contribution in [0.1, 0.15) is 49.8 Å². The first-order chi connectivity index (χ1) is 11.8. The molecule has 1 aliphatic carbocycles. The van der Waals surface area contributed by atoms with Crippen molar-refractivity contribution in [2.24, 2.45) is 11.8 Å². The van der Waals surface area contributed by atoms with Gasteiger partial charge in [-0.2, -0.15) is 0 Å². The van der Waals surface area contributed by atoms with Crippen molar-refractivity contribution in [3.05, 3.63) is 28.8 Å². The van der Waals surface area contributed by atoms with Crippen molar-refractivity contribution < 1.29 is 9.90 Å². The number of phenolic OH excluding ortho intramolecular Hbond substituents is 1. The van der Waals surface area contributed by atoms with Gasteiger partial charge in [-0.15, -0.1) is 0 Å². The van der Waals surface area contributed by atoms with Gasteiger partial charge in [-0.25, -0.2) is 0 Å². The zero-order valence-electron chi connectivity index (χ0n) is 16.1. The smallest absolute Gasteiger partial charge is 0.224 e. The number of aryl methyl sites for hydroxylation is 2. The van der Waals surface area contributed by atoms with Crippen molar-refractivity contribution in [3.8, 4) is 5.75 Å². The predicted molar refractivity (Wildman–Crippen MR) is 101 cm³/mol. The third kappa shape index (κ3) is 4.35. The van der Waals surface area contributed by atoms with Gasteiger partial charge >= 0.3 is 0 Å². The van der Waals surface area contributed by atoms with E-state index in [0.29, 0.717) is 30.0 Å². The molecule has 1 aromatic rings. The zero-order valence-corrected chi connectivity index (χ0v) is 16.1. The van der Waals surface area contributed by atoms with E-state index in [9.17, 15) is 9.90 Å².